The molecule has 0 spiro atoms. The number of hydroxylamine groups is 1. The van der Waals surface area contributed by atoms with Gasteiger partial charge in [0.1, 0.15) is 6.04 Å². The van der Waals surface area contributed by atoms with Crippen molar-refractivity contribution in [1.29, 1.82) is 0 Å². The summed E-state index contributed by atoms with van der Waals surface area (Å²) >= 11 is 0. The fourth-order valence-corrected chi connectivity index (χ4v) is 6.97. The Labute approximate surface area is 245 Å². The molecule has 1 unspecified atom stereocenters. The average molecular weight is 587 g/mol. The predicted octanol–water partition coefficient (Wildman–Crippen LogP) is 6.74. The van der Waals surface area contributed by atoms with Gasteiger partial charge in [-0.25, -0.2) is 4.79 Å². The molecule has 0 radical (unpaired) electrons. The fraction of sp³-hybridized carbons (Fsp3) is 0.516. The molecule has 0 bridgehead atoms. The molecule has 3 N–H and O–H groups in total. The SMILES string of the molecule is CCCCP(=O)(CN(C(=O)CCCc1ccccc1)[C@@H](CC(C)C)C(=O)Nc1ccccc1)N(O)C(=O)NC(C)C. The lowest BCUT2D eigenvalue weighted by Gasteiger charge is -2.37. The summed E-state index contributed by atoms with van der Waals surface area (Å²) in [6.07, 6.45) is 2.40. The van der Waals surface area contributed by atoms with Crippen LogP contribution in [-0.2, 0) is 20.6 Å². The Bertz CT molecular complexity index is 1140. The zero-order valence-electron chi connectivity index (χ0n) is 25.1. The molecule has 0 fully saturated rings. The molecule has 0 heterocycles. The largest absolute Gasteiger partial charge is 0.347 e. The quantitative estimate of drug-likeness (QED) is 0.114. The van der Waals surface area contributed by atoms with Crippen LogP contribution in [0.1, 0.15) is 72.3 Å². The Morgan fingerprint density at radius 1 is 0.927 bits per heavy atom. The molecule has 41 heavy (non-hydrogen) atoms. The Balaban J connectivity index is 2.44. The van der Waals surface area contributed by atoms with Gasteiger partial charge >= 0.3 is 6.03 Å². The number of hydrogen-bond donors (Lipinski definition) is 3. The fourth-order valence-electron chi connectivity index (χ4n) is 4.49. The first kappa shape index (κ1) is 34.0. The van der Waals surface area contributed by atoms with Gasteiger partial charge < -0.3 is 15.5 Å². The third-order valence-corrected chi connectivity index (χ3v) is 9.24. The molecule has 10 heteroatoms. The van der Waals surface area contributed by atoms with Crippen LogP contribution in [0.25, 0.3) is 0 Å². The zero-order valence-corrected chi connectivity index (χ0v) is 26.0. The number of unbranched alkanes of at least 4 members (excludes halogenated alkanes) is 1. The van der Waals surface area contributed by atoms with Crippen molar-refractivity contribution in [2.45, 2.75) is 85.2 Å². The highest BCUT2D eigenvalue weighted by Gasteiger charge is 2.40. The van der Waals surface area contributed by atoms with Crippen molar-refractivity contribution in [2.75, 3.05) is 17.8 Å². The van der Waals surface area contributed by atoms with Crippen LogP contribution in [0.3, 0.4) is 0 Å². The number of nitrogens with zero attached hydrogens (tertiary/aromatic N) is 2. The predicted molar refractivity (Wildman–Crippen MR) is 164 cm³/mol. The molecule has 0 aliphatic rings. The smallest absolute Gasteiger partial charge is 0.334 e. The number of benzene rings is 2. The summed E-state index contributed by atoms with van der Waals surface area (Å²) in [4.78, 5) is 41.9. The van der Waals surface area contributed by atoms with Crippen molar-refractivity contribution >= 4 is 30.8 Å². The number of amides is 4. The van der Waals surface area contributed by atoms with Crippen LogP contribution in [0.5, 0.6) is 0 Å². The van der Waals surface area contributed by atoms with Gasteiger partial charge in [0.05, 0.1) is 6.29 Å². The second kappa shape index (κ2) is 16.9. The van der Waals surface area contributed by atoms with Gasteiger partial charge in [0, 0.05) is 24.3 Å². The number of urea groups is 1. The summed E-state index contributed by atoms with van der Waals surface area (Å²) in [6, 6.07) is 16.6. The highest BCUT2D eigenvalue weighted by Crippen LogP contribution is 2.50. The van der Waals surface area contributed by atoms with Crippen LogP contribution >= 0.6 is 7.29 Å². The van der Waals surface area contributed by atoms with Crippen LogP contribution in [0, 0.1) is 5.92 Å². The number of carbonyl (C=O) groups is 3. The third-order valence-electron chi connectivity index (χ3n) is 6.61. The minimum Gasteiger partial charge on any atom is -0.334 e. The first-order valence-corrected chi connectivity index (χ1v) is 16.6. The Kier molecular flexibility index (Phi) is 14.1. The summed E-state index contributed by atoms with van der Waals surface area (Å²) in [5.41, 5.74) is 1.67. The molecule has 0 aliphatic carbocycles. The van der Waals surface area contributed by atoms with E-state index in [0.29, 0.717) is 37.8 Å². The molecule has 0 aliphatic heterocycles. The molecular formula is C31H47N4O5P. The molecule has 0 aromatic heterocycles. The normalized spacial score (nSPS) is 13.4. The maximum atomic E-state index is 14.4. The second-order valence-electron chi connectivity index (χ2n) is 11.2. The number of carbonyl (C=O) groups excluding carboxylic acids is 3. The number of hydrogen-bond acceptors (Lipinski definition) is 5. The monoisotopic (exact) mass is 586 g/mol. The van der Waals surface area contributed by atoms with E-state index in [1.54, 1.807) is 38.1 Å². The Morgan fingerprint density at radius 2 is 1.54 bits per heavy atom. The molecule has 0 saturated heterocycles. The van der Waals surface area contributed by atoms with Crippen molar-refractivity contribution < 1.29 is 24.2 Å². The van der Waals surface area contributed by atoms with E-state index < -0.39 is 31.6 Å². The van der Waals surface area contributed by atoms with Crippen molar-refractivity contribution in [1.82, 2.24) is 15.1 Å². The molecule has 9 nitrogen and oxygen atoms in total. The molecule has 2 atom stereocenters. The van der Waals surface area contributed by atoms with Gasteiger partial charge in [0.25, 0.3) is 0 Å². The van der Waals surface area contributed by atoms with Crippen LogP contribution in [0.4, 0.5) is 10.5 Å². The second-order valence-corrected chi connectivity index (χ2v) is 14.0. The Morgan fingerprint density at radius 3 is 2.10 bits per heavy atom. The zero-order chi connectivity index (χ0) is 30.4. The molecular weight excluding hydrogens is 539 g/mol. The third kappa shape index (κ3) is 11.3. The van der Waals surface area contributed by atoms with E-state index in [9.17, 15) is 24.2 Å². The number of aryl methyl sites for hydroxylation is 1. The van der Waals surface area contributed by atoms with Gasteiger partial charge in [0.2, 0.25) is 19.1 Å². The highest BCUT2D eigenvalue weighted by molar-refractivity contribution is 7.61. The van der Waals surface area contributed by atoms with Crippen molar-refractivity contribution in [3.63, 3.8) is 0 Å². The maximum absolute atomic E-state index is 14.4. The number of para-hydroxylation sites is 1. The number of rotatable bonds is 16. The van der Waals surface area contributed by atoms with Crippen molar-refractivity contribution in [3.8, 4) is 0 Å². The van der Waals surface area contributed by atoms with E-state index in [1.165, 1.54) is 4.90 Å². The molecule has 2 aromatic carbocycles. The summed E-state index contributed by atoms with van der Waals surface area (Å²) in [6.45, 7) is 9.29. The lowest BCUT2D eigenvalue weighted by molar-refractivity contribution is -0.138. The summed E-state index contributed by atoms with van der Waals surface area (Å²) in [5, 5.41) is 16.4. The minimum atomic E-state index is -3.86. The summed E-state index contributed by atoms with van der Waals surface area (Å²) in [7, 11) is -3.86. The molecule has 2 rings (SSSR count). The minimum absolute atomic E-state index is 0.0218. The first-order valence-electron chi connectivity index (χ1n) is 14.5. The lowest BCUT2D eigenvalue weighted by Crippen LogP contribution is -2.50. The standard InChI is InChI=1S/C31H47N4O5P/c1-6-7-21-41(40,35(39)31(38)32-25(4)5)23-34(29(36)20-14-17-26-15-10-8-11-16-26)28(22-24(2)3)30(37)33-27-18-12-9-13-19-27/h8-13,15-16,18-19,24-25,28,39H,6-7,14,17,20-23H2,1-5H3,(H,32,38)(H,33,37)/t28-,41?/m0/s1. The van der Waals surface area contributed by atoms with E-state index in [-0.39, 0.29) is 35.3 Å². The topological polar surface area (TPSA) is 119 Å². The summed E-state index contributed by atoms with van der Waals surface area (Å²) in [5.74, 6) is -0.714. The van der Waals surface area contributed by atoms with E-state index >= 15 is 0 Å². The maximum Gasteiger partial charge on any atom is 0.347 e. The van der Waals surface area contributed by atoms with E-state index in [1.807, 2.05) is 57.2 Å². The van der Waals surface area contributed by atoms with Gasteiger partial charge in [-0.2, -0.15) is 0 Å². The van der Waals surface area contributed by atoms with Gasteiger partial charge in [-0.3, -0.25) is 19.4 Å². The van der Waals surface area contributed by atoms with E-state index in [2.05, 4.69) is 10.6 Å². The van der Waals surface area contributed by atoms with Gasteiger partial charge in [-0.15, -0.1) is 4.83 Å². The summed E-state index contributed by atoms with van der Waals surface area (Å²) < 4.78 is 14.4. The van der Waals surface area contributed by atoms with E-state index in [0.717, 1.165) is 5.56 Å². The first-order chi connectivity index (χ1) is 19.5. The lowest BCUT2D eigenvalue weighted by atomic mass is 10.0. The van der Waals surface area contributed by atoms with Crippen molar-refractivity contribution in [3.05, 3.63) is 66.2 Å². The molecule has 4 amide bonds. The van der Waals surface area contributed by atoms with Crippen LogP contribution in [-0.4, -0.2) is 57.3 Å². The average Bonchev–Trinajstić information content (AvgIpc) is 2.93. The van der Waals surface area contributed by atoms with Gasteiger partial charge in [-0.05, 0) is 63.1 Å². The van der Waals surface area contributed by atoms with Gasteiger partial charge in [0.15, 0.2) is 0 Å². The van der Waals surface area contributed by atoms with E-state index in [4.69, 9.17) is 0 Å². The van der Waals surface area contributed by atoms with Crippen LogP contribution in [0.15, 0.2) is 60.7 Å². The Hall–Kier alpha value is -3.16. The van der Waals surface area contributed by atoms with Gasteiger partial charge in [-0.1, -0.05) is 75.7 Å². The molecule has 226 valence electrons. The van der Waals surface area contributed by atoms with Crippen molar-refractivity contribution in [2.24, 2.45) is 5.92 Å². The molecule has 2 aromatic rings. The highest BCUT2D eigenvalue weighted by atomic mass is 31.2. The number of nitrogens with one attached hydrogen (secondary N) is 2. The van der Waals surface area contributed by atoms with Crippen LogP contribution < -0.4 is 10.6 Å². The molecule has 0 saturated carbocycles. The number of anilines is 1. The van der Waals surface area contributed by atoms with Crippen LogP contribution in [0.2, 0.25) is 0 Å².